The summed E-state index contributed by atoms with van der Waals surface area (Å²) in [6.07, 6.45) is 4.42. The summed E-state index contributed by atoms with van der Waals surface area (Å²) in [6.45, 7) is 10.7. The molecule has 2 aliphatic heterocycles. The normalized spacial score (nSPS) is 26.0. The lowest BCUT2D eigenvalue weighted by Crippen LogP contribution is -2.48. The maximum Gasteiger partial charge on any atom is 0.286 e. The lowest BCUT2D eigenvalue weighted by atomic mass is 9.89. The van der Waals surface area contributed by atoms with Crippen molar-refractivity contribution in [2.45, 2.75) is 83.6 Å². The molecule has 1 saturated carbocycles. The highest BCUT2D eigenvalue weighted by Crippen LogP contribution is 2.64. The van der Waals surface area contributed by atoms with Crippen LogP contribution < -0.4 is 5.09 Å². The van der Waals surface area contributed by atoms with Crippen LogP contribution in [0.25, 0.3) is 10.8 Å². The molecule has 0 bridgehead atoms. The molecule has 3 fully saturated rings. The Bertz CT molecular complexity index is 1100. The van der Waals surface area contributed by atoms with Gasteiger partial charge in [-0.25, -0.2) is 14.4 Å². The Morgan fingerprint density at radius 3 is 2.11 bits per heavy atom. The minimum atomic E-state index is -3.27. The van der Waals surface area contributed by atoms with E-state index in [0.29, 0.717) is 26.3 Å². The number of amides is 1. The van der Waals surface area contributed by atoms with Gasteiger partial charge in [-0.05, 0) is 56.9 Å². The Morgan fingerprint density at radius 1 is 0.917 bits per heavy atom. The second-order valence-corrected chi connectivity index (χ2v) is 13.2. The minimum absolute atomic E-state index is 0.0211. The van der Waals surface area contributed by atoms with E-state index in [1.54, 1.807) is 0 Å². The van der Waals surface area contributed by atoms with Crippen molar-refractivity contribution in [1.82, 2.24) is 19.3 Å². The summed E-state index contributed by atoms with van der Waals surface area (Å²) >= 11 is 0. The molecule has 0 unspecified atom stereocenters. The number of ether oxygens (including phenoxy) is 1. The molecule has 2 aromatic rings. The van der Waals surface area contributed by atoms with Crippen LogP contribution in [0, 0.1) is 0 Å². The smallest absolute Gasteiger partial charge is 0.286 e. The molecule has 1 amide bonds. The summed E-state index contributed by atoms with van der Waals surface area (Å²) in [5.41, 5.74) is 0.891. The highest BCUT2D eigenvalue weighted by molar-refractivity contribution is 7.57. The first kappa shape index (κ1) is 25.9. The second kappa shape index (κ2) is 10.5. The lowest BCUT2D eigenvalue weighted by Gasteiger charge is -2.39. The Balaban J connectivity index is 1.62. The van der Waals surface area contributed by atoms with E-state index in [4.69, 9.17) is 4.74 Å². The summed E-state index contributed by atoms with van der Waals surface area (Å²) in [5, 5.41) is 5.70. The number of carbonyl (C=O) groups is 1. The van der Waals surface area contributed by atoms with E-state index in [1.807, 2.05) is 29.2 Å². The summed E-state index contributed by atoms with van der Waals surface area (Å²) in [7, 11) is -3.27. The topological polar surface area (TPSA) is 65.1 Å². The highest BCUT2D eigenvalue weighted by atomic mass is 31.2. The molecule has 7 nitrogen and oxygen atoms in total. The van der Waals surface area contributed by atoms with Crippen LogP contribution in [0.3, 0.4) is 0 Å². The maximum atomic E-state index is 15.4. The first-order chi connectivity index (χ1) is 17.3. The number of benzene rings is 2. The van der Waals surface area contributed by atoms with Crippen molar-refractivity contribution in [2.75, 3.05) is 26.3 Å². The number of morpholine rings is 1. The van der Waals surface area contributed by atoms with Crippen LogP contribution >= 0.6 is 7.59 Å². The number of nitrogens with one attached hydrogen (secondary N) is 1. The molecular formula is C28H41N4O3P. The SMILES string of the molecule is CC(C)N1[C@@H]2CCCC[C@H]2N(C(C)C)P1(=O)N[C@H](C(=O)N1CCOCC1)c1cccc2ccccc12. The number of rotatable bonds is 6. The number of nitrogens with zero attached hydrogens (tertiary/aromatic N) is 3. The predicted molar refractivity (Wildman–Crippen MR) is 145 cm³/mol. The van der Waals surface area contributed by atoms with Gasteiger partial charge in [0.15, 0.2) is 0 Å². The van der Waals surface area contributed by atoms with Crippen LogP contribution in [-0.2, 0) is 14.1 Å². The number of hydrogen-bond acceptors (Lipinski definition) is 3. The van der Waals surface area contributed by atoms with Gasteiger partial charge in [0, 0.05) is 37.3 Å². The molecule has 2 aromatic carbocycles. The van der Waals surface area contributed by atoms with Gasteiger partial charge >= 0.3 is 0 Å². The van der Waals surface area contributed by atoms with Gasteiger partial charge in [-0.1, -0.05) is 55.3 Å². The second-order valence-electron chi connectivity index (χ2n) is 11.0. The molecule has 1 N–H and O–H groups in total. The molecule has 3 aliphatic rings. The predicted octanol–water partition coefficient (Wildman–Crippen LogP) is 5.18. The van der Waals surface area contributed by atoms with Crippen molar-refractivity contribution >= 4 is 24.3 Å². The fourth-order valence-electron chi connectivity index (χ4n) is 6.65. The third-order valence-electron chi connectivity index (χ3n) is 8.06. The number of fused-ring (bicyclic) bond motifs is 2. The van der Waals surface area contributed by atoms with Crippen LogP contribution in [0.4, 0.5) is 0 Å². The maximum absolute atomic E-state index is 15.4. The average molecular weight is 513 g/mol. The Kier molecular flexibility index (Phi) is 7.58. The molecule has 2 heterocycles. The zero-order valence-electron chi connectivity index (χ0n) is 22.1. The summed E-state index contributed by atoms with van der Waals surface area (Å²) < 4.78 is 25.4. The summed E-state index contributed by atoms with van der Waals surface area (Å²) in [6, 6.07) is 14.2. The molecular weight excluding hydrogens is 471 g/mol. The third-order valence-corrected chi connectivity index (χ3v) is 11.4. The van der Waals surface area contributed by atoms with Crippen molar-refractivity contribution in [3.63, 3.8) is 0 Å². The Hall–Kier alpha value is -1.76. The van der Waals surface area contributed by atoms with Crippen molar-refractivity contribution in [3.05, 3.63) is 48.0 Å². The van der Waals surface area contributed by atoms with Gasteiger partial charge in [0.1, 0.15) is 6.04 Å². The van der Waals surface area contributed by atoms with Gasteiger partial charge in [0.2, 0.25) is 5.91 Å². The molecule has 5 rings (SSSR count). The third kappa shape index (κ3) is 4.54. The van der Waals surface area contributed by atoms with E-state index in [9.17, 15) is 4.79 Å². The molecule has 0 spiro atoms. The van der Waals surface area contributed by atoms with Crippen molar-refractivity contribution in [2.24, 2.45) is 0 Å². The molecule has 8 heteroatoms. The first-order valence-electron chi connectivity index (χ1n) is 13.6. The zero-order valence-corrected chi connectivity index (χ0v) is 23.0. The highest BCUT2D eigenvalue weighted by Gasteiger charge is 2.58. The largest absolute Gasteiger partial charge is 0.378 e. The summed E-state index contributed by atoms with van der Waals surface area (Å²) in [5.74, 6) is -0.0211. The van der Waals surface area contributed by atoms with Gasteiger partial charge in [-0.2, -0.15) is 0 Å². The van der Waals surface area contributed by atoms with Gasteiger partial charge in [0.05, 0.1) is 13.2 Å². The average Bonchev–Trinajstić information content (AvgIpc) is 3.15. The van der Waals surface area contributed by atoms with Crippen molar-refractivity contribution in [3.8, 4) is 0 Å². The van der Waals surface area contributed by atoms with Crippen LogP contribution in [-0.4, -0.2) is 70.6 Å². The van der Waals surface area contributed by atoms with E-state index in [2.05, 4.69) is 60.3 Å². The van der Waals surface area contributed by atoms with Crippen molar-refractivity contribution in [1.29, 1.82) is 0 Å². The monoisotopic (exact) mass is 512 g/mol. The molecule has 2 saturated heterocycles. The van der Waals surface area contributed by atoms with Crippen molar-refractivity contribution < 1.29 is 14.1 Å². The molecule has 0 aromatic heterocycles. The van der Waals surface area contributed by atoms with Crippen LogP contribution in [0.1, 0.15) is 65.0 Å². The lowest BCUT2D eigenvalue weighted by molar-refractivity contribution is -0.137. The minimum Gasteiger partial charge on any atom is -0.378 e. The number of carbonyl (C=O) groups excluding carboxylic acids is 1. The number of hydrogen-bond donors (Lipinski definition) is 1. The van der Waals surface area contributed by atoms with E-state index >= 15 is 4.57 Å². The first-order valence-corrected chi connectivity index (χ1v) is 15.2. The van der Waals surface area contributed by atoms with Gasteiger partial charge in [-0.15, -0.1) is 0 Å². The van der Waals surface area contributed by atoms with E-state index in [1.165, 1.54) is 0 Å². The molecule has 1 aliphatic carbocycles. The fraction of sp³-hybridized carbons (Fsp3) is 0.607. The van der Waals surface area contributed by atoms with E-state index in [0.717, 1.165) is 42.0 Å². The van der Waals surface area contributed by atoms with Crippen LogP contribution in [0.15, 0.2) is 42.5 Å². The standard InChI is InChI=1S/C28H41N4O3P/c1-20(2)31-25-14-7-8-15-26(25)32(21(3)4)36(31,34)29-27(28(33)30-16-18-35-19-17-30)24-13-9-11-22-10-5-6-12-23(22)24/h5-6,9-13,20-21,25-27H,7-8,14-19H2,1-4H3,(H,29,34)/t25-,26-,27+/m1/s1. The van der Waals surface area contributed by atoms with Crippen LogP contribution in [0.2, 0.25) is 0 Å². The molecule has 0 radical (unpaired) electrons. The van der Waals surface area contributed by atoms with Crippen LogP contribution in [0.5, 0.6) is 0 Å². The van der Waals surface area contributed by atoms with E-state index in [-0.39, 0.29) is 30.1 Å². The molecule has 36 heavy (non-hydrogen) atoms. The summed E-state index contributed by atoms with van der Waals surface area (Å²) in [4.78, 5) is 16.1. The van der Waals surface area contributed by atoms with Gasteiger partial charge < -0.3 is 9.64 Å². The Morgan fingerprint density at radius 2 is 1.50 bits per heavy atom. The molecule has 3 atom stereocenters. The molecule has 196 valence electrons. The van der Waals surface area contributed by atoms with Gasteiger partial charge in [0.25, 0.3) is 7.59 Å². The van der Waals surface area contributed by atoms with Gasteiger partial charge in [-0.3, -0.25) is 9.36 Å². The van der Waals surface area contributed by atoms with E-state index < -0.39 is 13.6 Å². The zero-order chi connectivity index (χ0) is 25.4. The quantitative estimate of drug-likeness (QED) is 0.538. The Labute approximate surface area is 215 Å². The fourth-order valence-corrected chi connectivity index (χ4v) is 10.3.